The molecule has 2 heterocycles. The van der Waals surface area contributed by atoms with Gasteiger partial charge in [-0.3, -0.25) is 0 Å². The summed E-state index contributed by atoms with van der Waals surface area (Å²) < 4.78 is 0. The average molecular weight is 462 g/mol. The van der Waals surface area contributed by atoms with Gasteiger partial charge in [0.1, 0.15) is 0 Å². The molecule has 1 heteroatoms. The first-order valence-corrected chi connectivity index (χ1v) is 13.2. The highest BCUT2D eigenvalue weighted by Gasteiger charge is 2.32. The second-order valence-electron chi connectivity index (χ2n) is 10.4. The lowest BCUT2D eigenvalue weighted by atomic mass is 9.85. The summed E-state index contributed by atoms with van der Waals surface area (Å²) in [4.78, 5) is 2.63. The van der Waals surface area contributed by atoms with Crippen LogP contribution in [-0.2, 0) is 12.8 Å². The summed E-state index contributed by atoms with van der Waals surface area (Å²) in [7, 11) is 0. The van der Waals surface area contributed by atoms with Gasteiger partial charge in [0.25, 0.3) is 0 Å². The molecule has 6 aromatic rings. The SMILES string of the molecule is c1ccc2c(c1)CCC1CCc3cc(-c4cccc5c6ccccc6c6ccccc6c45)ccc3N21. The fourth-order valence-corrected chi connectivity index (χ4v) is 6.91. The summed E-state index contributed by atoms with van der Waals surface area (Å²) in [6.07, 6.45) is 4.83. The normalized spacial score (nSPS) is 16.7. The van der Waals surface area contributed by atoms with E-state index in [2.05, 4.69) is 114 Å². The van der Waals surface area contributed by atoms with Crippen LogP contribution in [0.2, 0.25) is 0 Å². The van der Waals surface area contributed by atoms with Crippen LogP contribution < -0.4 is 4.90 Å². The van der Waals surface area contributed by atoms with E-state index in [1.165, 1.54) is 85.2 Å². The summed E-state index contributed by atoms with van der Waals surface area (Å²) in [5, 5.41) is 8.04. The van der Waals surface area contributed by atoms with Crippen molar-refractivity contribution in [3.05, 3.63) is 120 Å². The minimum absolute atomic E-state index is 0.617. The van der Waals surface area contributed by atoms with Crippen LogP contribution >= 0.6 is 0 Å². The van der Waals surface area contributed by atoms with Crippen molar-refractivity contribution in [2.24, 2.45) is 0 Å². The molecule has 0 spiro atoms. The molecule has 8 rings (SSSR count). The maximum absolute atomic E-state index is 2.63. The number of para-hydroxylation sites is 1. The molecule has 0 fully saturated rings. The third-order valence-corrected chi connectivity index (χ3v) is 8.53. The third-order valence-electron chi connectivity index (χ3n) is 8.53. The largest absolute Gasteiger partial charge is 0.338 e. The van der Waals surface area contributed by atoms with Crippen molar-refractivity contribution in [1.29, 1.82) is 0 Å². The van der Waals surface area contributed by atoms with Gasteiger partial charge < -0.3 is 4.90 Å². The van der Waals surface area contributed by atoms with E-state index in [1.807, 2.05) is 0 Å². The Bertz CT molecular complexity index is 1770. The maximum Gasteiger partial charge on any atom is 0.0446 e. The second kappa shape index (κ2) is 7.70. The molecular formula is C35H27N. The van der Waals surface area contributed by atoms with Gasteiger partial charge in [-0.25, -0.2) is 0 Å². The molecule has 0 aromatic heterocycles. The van der Waals surface area contributed by atoms with E-state index in [0.717, 1.165) is 6.42 Å². The van der Waals surface area contributed by atoms with E-state index < -0.39 is 0 Å². The van der Waals surface area contributed by atoms with E-state index in [4.69, 9.17) is 0 Å². The zero-order valence-corrected chi connectivity index (χ0v) is 20.2. The molecule has 0 saturated heterocycles. The molecule has 1 unspecified atom stereocenters. The molecule has 0 N–H and O–H groups in total. The van der Waals surface area contributed by atoms with E-state index in [0.29, 0.717) is 6.04 Å². The highest BCUT2D eigenvalue weighted by Crippen LogP contribution is 2.45. The molecule has 6 aromatic carbocycles. The number of benzene rings is 6. The van der Waals surface area contributed by atoms with Gasteiger partial charge in [-0.05, 0) is 98.5 Å². The Labute approximate surface area is 211 Å². The highest BCUT2D eigenvalue weighted by molar-refractivity contribution is 6.28. The number of anilines is 2. The molecule has 0 aliphatic carbocycles. The minimum Gasteiger partial charge on any atom is -0.338 e. The fraction of sp³-hybridized carbons (Fsp3) is 0.143. The lowest BCUT2D eigenvalue weighted by molar-refractivity contribution is 0.518. The Morgan fingerprint density at radius 2 is 1.08 bits per heavy atom. The quantitative estimate of drug-likeness (QED) is 0.221. The predicted molar refractivity (Wildman–Crippen MR) is 153 cm³/mol. The third kappa shape index (κ3) is 2.83. The van der Waals surface area contributed by atoms with Gasteiger partial charge in [-0.1, -0.05) is 91.0 Å². The van der Waals surface area contributed by atoms with Gasteiger partial charge in [0.15, 0.2) is 0 Å². The van der Waals surface area contributed by atoms with E-state index >= 15 is 0 Å². The Kier molecular flexibility index (Phi) is 4.30. The molecule has 0 radical (unpaired) electrons. The average Bonchev–Trinajstić information content (AvgIpc) is 2.96. The maximum atomic E-state index is 2.63. The molecular weight excluding hydrogens is 434 g/mol. The molecule has 2 aliphatic rings. The van der Waals surface area contributed by atoms with Crippen molar-refractivity contribution < 1.29 is 0 Å². The van der Waals surface area contributed by atoms with Crippen LogP contribution in [-0.4, -0.2) is 6.04 Å². The zero-order valence-electron chi connectivity index (χ0n) is 20.2. The Morgan fingerprint density at radius 3 is 1.86 bits per heavy atom. The first kappa shape index (κ1) is 20.1. The van der Waals surface area contributed by atoms with Crippen LogP contribution in [0.25, 0.3) is 43.4 Å². The van der Waals surface area contributed by atoms with Crippen LogP contribution in [0, 0.1) is 0 Å². The van der Waals surface area contributed by atoms with Crippen molar-refractivity contribution in [3.63, 3.8) is 0 Å². The van der Waals surface area contributed by atoms with Crippen LogP contribution in [0.5, 0.6) is 0 Å². The summed E-state index contributed by atoms with van der Waals surface area (Å²) >= 11 is 0. The van der Waals surface area contributed by atoms with Crippen molar-refractivity contribution in [2.75, 3.05) is 4.90 Å². The smallest absolute Gasteiger partial charge is 0.0446 e. The zero-order chi connectivity index (χ0) is 23.6. The van der Waals surface area contributed by atoms with Crippen LogP contribution in [0.1, 0.15) is 24.0 Å². The first-order valence-electron chi connectivity index (χ1n) is 13.2. The number of hydrogen-bond acceptors (Lipinski definition) is 1. The second-order valence-corrected chi connectivity index (χ2v) is 10.4. The number of fused-ring (bicyclic) bond motifs is 11. The standard InChI is InChI=1S/C35H27N/c1-6-15-33-23(8-1)16-19-26-20-17-25-22-24(18-21-34(25)36(26)33)27-13-7-14-32-30-10-3-2-9-28(30)29-11-4-5-12-31(29)35(27)32/h1-15,18,21-22,26H,16-17,19-20H2. The summed E-state index contributed by atoms with van der Waals surface area (Å²) in [6, 6.07) is 41.4. The van der Waals surface area contributed by atoms with E-state index in [1.54, 1.807) is 0 Å². The van der Waals surface area contributed by atoms with Gasteiger partial charge >= 0.3 is 0 Å². The molecule has 0 amide bonds. The Hall–Kier alpha value is -4.10. The van der Waals surface area contributed by atoms with Crippen molar-refractivity contribution >= 4 is 43.7 Å². The Morgan fingerprint density at radius 1 is 0.500 bits per heavy atom. The van der Waals surface area contributed by atoms with Crippen molar-refractivity contribution in [3.8, 4) is 11.1 Å². The molecule has 2 aliphatic heterocycles. The predicted octanol–water partition coefficient (Wildman–Crippen LogP) is 9.21. The van der Waals surface area contributed by atoms with Gasteiger partial charge in [-0.2, -0.15) is 0 Å². The van der Waals surface area contributed by atoms with Gasteiger partial charge in [0.05, 0.1) is 0 Å². The lowest BCUT2D eigenvalue weighted by Gasteiger charge is -2.43. The van der Waals surface area contributed by atoms with Crippen molar-refractivity contribution in [1.82, 2.24) is 0 Å². The summed E-state index contributed by atoms with van der Waals surface area (Å²) in [5.74, 6) is 0. The number of aryl methyl sites for hydroxylation is 2. The molecule has 1 atom stereocenters. The first-order chi connectivity index (χ1) is 17.9. The minimum atomic E-state index is 0.617. The van der Waals surface area contributed by atoms with Crippen LogP contribution in [0.15, 0.2) is 109 Å². The van der Waals surface area contributed by atoms with Gasteiger partial charge in [-0.15, -0.1) is 0 Å². The van der Waals surface area contributed by atoms with E-state index in [9.17, 15) is 0 Å². The topological polar surface area (TPSA) is 3.24 Å². The summed E-state index contributed by atoms with van der Waals surface area (Å²) in [5.41, 5.74) is 8.42. The van der Waals surface area contributed by atoms with Gasteiger partial charge in [0.2, 0.25) is 0 Å². The fourth-order valence-electron chi connectivity index (χ4n) is 6.91. The molecule has 172 valence electrons. The number of rotatable bonds is 1. The van der Waals surface area contributed by atoms with Crippen LogP contribution in [0.3, 0.4) is 0 Å². The lowest BCUT2D eigenvalue weighted by Crippen LogP contribution is -2.39. The molecule has 1 nitrogen and oxygen atoms in total. The molecule has 0 bridgehead atoms. The number of nitrogens with zero attached hydrogens (tertiary/aromatic N) is 1. The number of hydrogen-bond donors (Lipinski definition) is 0. The Balaban J connectivity index is 1.36. The van der Waals surface area contributed by atoms with Crippen molar-refractivity contribution in [2.45, 2.75) is 31.7 Å². The highest BCUT2D eigenvalue weighted by atomic mass is 15.2. The van der Waals surface area contributed by atoms with Gasteiger partial charge in [0, 0.05) is 17.4 Å². The monoisotopic (exact) mass is 461 g/mol. The molecule has 0 saturated carbocycles. The van der Waals surface area contributed by atoms with Crippen LogP contribution in [0.4, 0.5) is 11.4 Å². The molecule has 36 heavy (non-hydrogen) atoms. The summed E-state index contributed by atoms with van der Waals surface area (Å²) in [6.45, 7) is 0. The van der Waals surface area contributed by atoms with E-state index in [-0.39, 0.29) is 0 Å².